The first-order valence-electron chi connectivity index (χ1n) is 10.0. The first-order valence-corrected chi connectivity index (χ1v) is 10.0. The number of benzene rings is 1. The van der Waals surface area contributed by atoms with Crippen LogP contribution in [0.2, 0.25) is 0 Å². The molecule has 0 aliphatic carbocycles. The molecule has 0 radical (unpaired) electrons. The Morgan fingerprint density at radius 3 is 2.83 bits per heavy atom. The highest BCUT2D eigenvalue weighted by Gasteiger charge is 2.23. The third kappa shape index (κ3) is 4.08. The van der Waals surface area contributed by atoms with Crippen molar-refractivity contribution in [3.8, 4) is 17.5 Å². The molecule has 0 amide bonds. The van der Waals surface area contributed by atoms with Crippen LogP contribution >= 0.6 is 0 Å². The Hall–Kier alpha value is -3.53. The lowest BCUT2D eigenvalue weighted by Crippen LogP contribution is -2.42. The molecule has 0 spiro atoms. The monoisotopic (exact) mass is 402 g/mol. The van der Waals surface area contributed by atoms with E-state index in [1.165, 1.54) is 6.07 Å². The quantitative estimate of drug-likeness (QED) is 0.703. The molecule has 4 rings (SSSR count). The molecule has 3 aromatic rings. The highest BCUT2D eigenvalue weighted by atomic mass is 19.1. The van der Waals surface area contributed by atoms with Gasteiger partial charge in [-0.25, -0.2) is 14.4 Å². The van der Waals surface area contributed by atoms with Crippen LogP contribution < -0.4 is 10.2 Å². The van der Waals surface area contributed by atoms with Crippen molar-refractivity contribution in [2.24, 2.45) is 0 Å². The summed E-state index contributed by atoms with van der Waals surface area (Å²) in [5, 5.41) is 12.5. The van der Waals surface area contributed by atoms with Gasteiger partial charge in [0.15, 0.2) is 5.82 Å². The molecule has 1 aliphatic heterocycles. The Labute approximate surface area is 175 Å². The Bertz CT molecular complexity index is 1090. The van der Waals surface area contributed by atoms with E-state index in [2.05, 4.69) is 15.3 Å². The van der Waals surface area contributed by atoms with Crippen LogP contribution in [0.4, 0.5) is 15.9 Å². The van der Waals surface area contributed by atoms with Gasteiger partial charge < -0.3 is 10.2 Å². The summed E-state index contributed by atoms with van der Waals surface area (Å²) in [6.45, 7) is 5.42. The van der Waals surface area contributed by atoms with Crippen LogP contribution in [0.25, 0.3) is 11.4 Å². The van der Waals surface area contributed by atoms with Crippen LogP contribution in [-0.2, 0) is 0 Å². The Kier molecular flexibility index (Phi) is 5.57. The van der Waals surface area contributed by atoms with Crippen molar-refractivity contribution in [2.45, 2.75) is 32.7 Å². The maximum Gasteiger partial charge on any atom is 0.163 e. The average Bonchev–Trinajstić information content (AvgIpc) is 2.77. The lowest BCUT2D eigenvalue weighted by atomic mass is 10.0. The number of hydrogen-bond donors (Lipinski definition) is 1. The van der Waals surface area contributed by atoms with Gasteiger partial charge in [-0.15, -0.1) is 0 Å². The summed E-state index contributed by atoms with van der Waals surface area (Å²) < 4.78 is 14.5. The number of nitrogens with zero attached hydrogens (tertiary/aromatic N) is 5. The second-order valence-corrected chi connectivity index (χ2v) is 7.56. The molecule has 6 nitrogen and oxygen atoms in total. The van der Waals surface area contributed by atoms with E-state index in [-0.39, 0.29) is 11.9 Å². The van der Waals surface area contributed by atoms with E-state index in [1.807, 2.05) is 36.9 Å². The molecule has 0 saturated carbocycles. The molecule has 1 N–H and O–H groups in total. The van der Waals surface area contributed by atoms with Crippen molar-refractivity contribution in [1.82, 2.24) is 15.0 Å². The zero-order valence-corrected chi connectivity index (χ0v) is 17.1. The fourth-order valence-electron chi connectivity index (χ4n) is 3.73. The number of aromatic nitrogens is 3. The summed E-state index contributed by atoms with van der Waals surface area (Å²) in [4.78, 5) is 15.5. The van der Waals surface area contributed by atoms with Gasteiger partial charge in [0, 0.05) is 48.3 Å². The number of nitriles is 1. The van der Waals surface area contributed by atoms with Gasteiger partial charge in [-0.05, 0) is 57.0 Å². The SMILES string of the molecule is Cc1nc(-c2cccnc2)nc(NC2CCCN(c3ccc(C#N)cc3F)C2)c1C. The first kappa shape index (κ1) is 19.8. The zero-order chi connectivity index (χ0) is 21.1. The van der Waals surface area contributed by atoms with Crippen LogP contribution in [0.15, 0.2) is 42.7 Å². The molecule has 1 saturated heterocycles. The third-order valence-electron chi connectivity index (χ3n) is 5.49. The number of rotatable bonds is 4. The summed E-state index contributed by atoms with van der Waals surface area (Å²) in [5.41, 5.74) is 3.65. The zero-order valence-electron chi connectivity index (χ0n) is 17.1. The molecule has 1 aromatic carbocycles. The molecule has 1 atom stereocenters. The average molecular weight is 402 g/mol. The standard InChI is InChI=1S/C23H23FN6/c1-15-16(2)27-23(18-5-3-9-26-13-18)29-22(15)28-19-6-4-10-30(14-19)21-8-7-17(12-25)11-20(21)24/h3,5,7-9,11,13,19H,4,6,10,14H2,1-2H3,(H,27,28,29). The van der Waals surface area contributed by atoms with E-state index in [9.17, 15) is 4.39 Å². The minimum Gasteiger partial charge on any atom is -0.367 e. The fourth-order valence-corrected chi connectivity index (χ4v) is 3.73. The van der Waals surface area contributed by atoms with E-state index in [0.29, 0.717) is 23.6 Å². The highest BCUT2D eigenvalue weighted by molar-refractivity contribution is 5.59. The van der Waals surface area contributed by atoms with Crippen molar-refractivity contribution in [3.63, 3.8) is 0 Å². The lowest BCUT2D eigenvalue weighted by Gasteiger charge is -2.35. The molecule has 30 heavy (non-hydrogen) atoms. The Balaban J connectivity index is 1.56. The first-order chi connectivity index (χ1) is 14.5. The molecule has 0 bridgehead atoms. The minimum absolute atomic E-state index is 0.128. The predicted molar refractivity (Wildman–Crippen MR) is 115 cm³/mol. The molecule has 3 heterocycles. The number of halogens is 1. The molecule has 1 fully saturated rings. The summed E-state index contributed by atoms with van der Waals surface area (Å²) in [7, 11) is 0. The number of pyridine rings is 1. The number of hydrogen-bond acceptors (Lipinski definition) is 6. The molecular formula is C23H23FN6. The minimum atomic E-state index is -0.359. The van der Waals surface area contributed by atoms with Gasteiger partial charge >= 0.3 is 0 Å². The number of piperidine rings is 1. The smallest absolute Gasteiger partial charge is 0.163 e. The molecule has 7 heteroatoms. The number of aryl methyl sites for hydroxylation is 1. The largest absolute Gasteiger partial charge is 0.367 e. The number of nitrogens with one attached hydrogen (secondary N) is 1. The van der Waals surface area contributed by atoms with E-state index in [0.717, 1.165) is 42.0 Å². The maximum absolute atomic E-state index is 14.5. The fraction of sp³-hybridized carbons (Fsp3) is 0.304. The number of anilines is 2. The van der Waals surface area contributed by atoms with Gasteiger partial charge in [0.1, 0.15) is 11.6 Å². The summed E-state index contributed by atoms with van der Waals surface area (Å²) in [6, 6.07) is 10.6. The van der Waals surface area contributed by atoms with Gasteiger partial charge in [-0.3, -0.25) is 4.98 Å². The second-order valence-electron chi connectivity index (χ2n) is 7.56. The van der Waals surface area contributed by atoms with Gasteiger partial charge in [0.05, 0.1) is 17.3 Å². The van der Waals surface area contributed by atoms with Crippen molar-refractivity contribution in [3.05, 3.63) is 65.4 Å². The topological polar surface area (TPSA) is 77.7 Å². The summed E-state index contributed by atoms with van der Waals surface area (Å²) in [5.74, 6) is 1.08. The molecule has 152 valence electrons. The van der Waals surface area contributed by atoms with Crippen LogP contribution in [0.3, 0.4) is 0 Å². The summed E-state index contributed by atoms with van der Waals surface area (Å²) >= 11 is 0. The molecule has 1 unspecified atom stereocenters. The Morgan fingerprint density at radius 1 is 1.23 bits per heavy atom. The van der Waals surface area contributed by atoms with Crippen LogP contribution in [0.1, 0.15) is 29.7 Å². The van der Waals surface area contributed by atoms with E-state index < -0.39 is 0 Å². The van der Waals surface area contributed by atoms with E-state index >= 15 is 0 Å². The van der Waals surface area contributed by atoms with E-state index in [1.54, 1.807) is 24.5 Å². The van der Waals surface area contributed by atoms with E-state index in [4.69, 9.17) is 10.2 Å². The third-order valence-corrected chi connectivity index (χ3v) is 5.49. The van der Waals surface area contributed by atoms with Crippen molar-refractivity contribution >= 4 is 11.5 Å². The normalized spacial score (nSPS) is 16.2. The molecule has 1 aliphatic rings. The van der Waals surface area contributed by atoms with Crippen molar-refractivity contribution in [2.75, 3.05) is 23.3 Å². The van der Waals surface area contributed by atoms with Crippen molar-refractivity contribution in [1.29, 1.82) is 5.26 Å². The maximum atomic E-state index is 14.5. The van der Waals surface area contributed by atoms with Gasteiger partial charge in [-0.2, -0.15) is 5.26 Å². The molecular weight excluding hydrogens is 379 g/mol. The predicted octanol–water partition coefficient (Wildman–Crippen LogP) is 4.25. The van der Waals surface area contributed by atoms with Gasteiger partial charge in [-0.1, -0.05) is 0 Å². The Morgan fingerprint density at radius 2 is 2.10 bits per heavy atom. The van der Waals surface area contributed by atoms with Crippen LogP contribution in [0.5, 0.6) is 0 Å². The van der Waals surface area contributed by atoms with Crippen molar-refractivity contribution < 1.29 is 4.39 Å². The second kappa shape index (κ2) is 8.46. The van der Waals surface area contributed by atoms with Gasteiger partial charge in [0.2, 0.25) is 0 Å². The molecule has 2 aromatic heterocycles. The van der Waals surface area contributed by atoms with Gasteiger partial charge in [0.25, 0.3) is 0 Å². The summed E-state index contributed by atoms with van der Waals surface area (Å²) in [6.07, 6.45) is 5.39. The van der Waals surface area contributed by atoms with Crippen LogP contribution in [0, 0.1) is 31.0 Å². The lowest BCUT2D eigenvalue weighted by molar-refractivity contribution is 0.517. The van der Waals surface area contributed by atoms with Crippen LogP contribution in [-0.4, -0.2) is 34.1 Å². The highest BCUT2D eigenvalue weighted by Crippen LogP contribution is 2.27.